The largest absolute Gasteiger partial charge is 0.457 e. The Hall–Kier alpha value is -3.30. The molecule has 0 saturated heterocycles. The molecule has 8 nitrogen and oxygen atoms in total. The first-order valence-electron chi connectivity index (χ1n) is 12.4. The standard InChI is InChI=1S/C27H31N3O5Si/c1-6-27(35-16(2)31)21-13-23-24-19(14-30(23)25(32)20(21)15-34-26(27)33)17(11-12-36(4,5)28-3)18-9-7-8-10-22(18)29-24/h7-10,13,28H,6,11-12,14-15H2,1-5H3/t27-/m0/s1. The van der Waals surface area contributed by atoms with Gasteiger partial charge in [-0.05, 0) is 43.6 Å². The van der Waals surface area contributed by atoms with E-state index in [1.54, 1.807) is 11.5 Å². The number of hydrogen-bond donors (Lipinski definition) is 1. The highest BCUT2D eigenvalue weighted by Gasteiger charge is 2.50. The van der Waals surface area contributed by atoms with Gasteiger partial charge in [-0.3, -0.25) is 9.59 Å². The van der Waals surface area contributed by atoms with Crippen molar-refractivity contribution in [1.29, 1.82) is 0 Å². The molecule has 2 aliphatic heterocycles. The molecule has 0 radical (unpaired) electrons. The summed E-state index contributed by atoms with van der Waals surface area (Å²) in [5.41, 5.74) is 3.39. The number of nitrogens with one attached hydrogen (secondary N) is 1. The van der Waals surface area contributed by atoms with Crippen molar-refractivity contribution < 1.29 is 19.1 Å². The summed E-state index contributed by atoms with van der Waals surface area (Å²) in [5, 5.41) is 1.10. The van der Waals surface area contributed by atoms with Gasteiger partial charge in [-0.25, -0.2) is 9.78 Å². The number of para-hydroxylation sites is 1. The van der Waals surface area contributed by atoms with Crippen LogP contribution in [0.25, 0.3) is 22.3 Å². The number of nitrogens with zero attached hydrogens (tertiary/aromatic N) is 2. The number of esters is 2. The van der Waals surface area contributed by atoms with Crippen LogP contribution in [0.5, 0.6) is 0 Å². The van der Waals surface area contributed by atoms with Gasteiger partial charge in [0, 0.05) is 23.4 Å². The highest BCUT2D eigenvalue weighted by Crippen LogP contribution is 2.42. The van der Waals surface area contributed by atoms with Crippen LogP contribution >= 0.6 is 0 Å². The molecule has 1 aromatic carbocycles. The molecule has 3 aromatic rings. The lowest BCUT2D eigenvalue weighted by molar-refractivity contribution is -0.188. The molecule has 0 fully saturated rings. The van der Waals surface area contributed by atoms with E-state index in [9.17, 15) is 14.4 Å². The molecular formula is C27H31N3O5Si. The Kier molecular flexibility index (Phi) is 5.87. The molecule has 36 heavy (non-hydrogen) atoms. The normalized spacial score (nSPS) is 18.4. The quantitative estimate of drug-likeness (QED) is 0.316. The van der Waals surface area contributed by atoms with E-state index >= 15 is 0 Å². The molecule has 9 heteroatoms. The van der Waals surface area contributed by atoms with Crippen molar-refractivity contribution in [1.82, 2.24) is 14.5 Å². The maximum atomic E-state index is 13.7. The number of pyridine rings is 2. The van der Waals surface area contributed by atoms with Crippen LogP contribution in [0.2, 0.25) is 19.1 Å². The Balaban J connectivity index is 1.74. The second kappa shape index (κ2) is 8.67. The number of carbonyl (C=O) groups excluding carboxylic acids is 2. The predicted molar refractivity (Wildman–Crippen MR) is 139 cm³/mol. The molecule has 1 atom stereocenters. The number of hydrogen-bond acceptors (Lipinski definition) is 7. The maximum Gasteiger partial charge on any atom is 0.355 e. The minimum atomic E-state index is -1.64. The molecule has 188 valence electrons. The van der Waals surface area contributed by atoms with Crippen LogP contribution in [-0.2, 0) is 44.2 Å². The van der Waals surface area contributed by atoms with Crippen molar-refractivity contribution in [3.05, 3.63) is 62.9 Å². The lowest BCUT2D eigenvalue weighted by Gasteiger charge is -2.35. The fourth-order valence-electron chi connectivity index (χ4n) is 5.36. The van der Waals surface area contributed by atoms with Gasteiger partial charge in [0.05, 0.1) is 29.0 Å². The van der Waals surface area contributed by atoms with Crippen LogP contribution in [0.3, 0.4) is 0 Å². The lowest BCUT2D eigenvalue weighted by Crippen LogP contribution is -2.47. The zero-order valence-electron chi connectivity index (χ0n) is 21.4. The average Bonchev–Trinajstić information content (AvgIpc) is 3.22. The first kappa shape index (κ1) is 24.4. The third-order valence-corrected chi connectivity index (χ3v) is 10.5. The monoisotopic (exact) mass is 505 g/mol. The van der Waals surface area contributed by atoms with Crippen molar-refractivity contribution in [2.24, 2.45) is 0 Å². The van der Waals surface area contributed by atoms with Crippen LogP contribution in [0.4, 0.5) is 0 Å². The van der Waals surface area contributed by atoms with Gasteiger partial charge in [0.25, 0.3) is 5.56 Å². The second-order valence-electron chi connectivity index (χ2n) is 10.2. The van der Waals surface area contributed by atoms with Crippen molar-refractivity contribution in [3.63, 3.8) is 0 Å². The van der Waals surface area contributed by atoms with Crippen LogP contribution in [0.1, 0.15) is 42.5 Å². The molecule has 2 aromatic heterocycles. The summed E-state index contributed by atoms with van der Waals surface area (Å²) in [6.07, 6.45) is 1.04. The van der Waals surface area contributed by atoms with E-state index in [1.807, 2.05) is 31.3 Å². The number of carbonyl (C=O) groups is 2. The van der Waals surface area contributed by atoms with E-state index in [2.05, 4.69) is 24.1 Å². The minimum absolute atomic E-state index is 0.142. The number of benzene rings is 1. The van der Waals surface area contributed by atoms with Crippen molar-refractivity contribution >= 4 is 31.1 Å². The van der Waals surface area contributed by atoms with Gasteiger partial charge in [0.2, 0.25) is 5.60 Å². The van der Waals surface area contributed by atoms with Gasteiger partial charge in [0.15, 0.2) is 0 Å². The fourth-order valence-corrected chi connectivity index (χ4v) is 6.49. The Morgan fingerprint density at radius 1 is 1.25 bits per heavy atom. The van der Waals surface area contributed by atoms with Crippen molar-refractivity contribution in [2.75, 3.05) is 7.05 Å². The van der Waals surface area contributed by atoms with Crippen LogP contribution in [0, 0.1) is 0 Å². The van der Waals surface area contributed by atoms with Gasteiger partial charge in [-0.1, -0.05) is 38.2 Å². The summed E-state index contributed by atoms with van der Waals surface area (Å²) in [6, 6.07) is 10.9. The molecule has 0 unspecified atom stereocenters. The first-order valence-corrected chi connectivity index (χ1v) is 15.6. The SMILES string of the molecule is CC[C@@]1(OC(C)=O)C(=O)OCc2c1cc1n(c2=O)Cc2c-1nc1ccccc1c2CC[Si](C)(C)NC. The minimum Gasteiger partial charge on any atom is -0.457 e. The maximum absolute atomic E-state index is 13.7. The summed E-state index contributed by atoms with van der Waals surface area (Å²) in [5.74, 6) is -1.26. The molecule has 0 aliphatic carbocycles. The Bertz CT molecular complexity index is 1480. The van der Waals surface area contributed by atoms with E-state index in [-0.39, 0.29) is 18.6 Å². The summed E-state index contributed by atoms with van der Waals surface area (Å²) in [7, 11) is 0.441. The Labute approximate surface area is 210 Å². The Morgan fingerprint density at radius 2 is 2.00 bits per heavy atom. The lowest BCUT2D eigenvalue weighted by atomic mass is 9.85. The molecular weight excluding hydrogens is 474 g/mol. The van der Waals surface area contributed by atoms with E-state index in [0.29, 0.717) is 23.4 Å². The van der Waals surface area contributed by atoms with Gasteiger partial charge in [0.1, 0.15) is 14.8 Å². The third kappa shape index (κ3) is 3.69. The molecule has 1 N–H and O–H groups in total. The second-order valence-corrected chi connectivity index (χ2v) is 15.0. The number of aromatic nitrogens is 2. The molecule has 5 rings (SSSR count). The summed E-state index contributed by atoms with van der Waals surface area (Å²) < 4.78 is 12.6. The average molecular weight is 506 g/mol. The molecule has 0 saturated carbocycles. The number of rotatable bonds is 6. The van der Waals surface area contributed by atoms with Crippen molar-refractivity contribution in [3.8, 4) is 11.4 Å². The molecule has 0 spiro atoms. The Morgan fingerprint density at radius 3 is 2.69 bits per heavy atom. The van der Waals surface area contributed by atoms with E-state index in [0.717, 1.165) is 34.6 Å². The number of ether oxygens (including phenoxy) is 2. The first-order chi connectivity index (χ1) is 17.1. The highest BCUT2D eigenvalue weighted by molar-refractivity contribution is 6.74. The summed E-state index contributed by atoms with van der Waals surface area (Å²) in [6.45, 7) is 7.88. The fraction of sp³-hybridized carbons (Fsp3) is 0.407. The van der Waals surface area contributed by atoms with Gasteiger partial charge >= 0.3 is 11.9 Å². The smallest absolute Gasteiger partial charge is 0.355 e. The number of fused-ring (bicyclic) bond motifs is 5. The predicted octanol–water partition coefficient (Wildman–Crippen LogP) is 3.62. The van der Waals surface area contributed by atoms with Gasteiger partial charge in [-0.2, -0.15) is 0 Å². The number of aryl methyl sites for hydroxylation is 1. The van der Waals surface area contributed by atoms with Crippen LogP contribution < -0.4 is 10.5 Å². The zero-order valence-corrected chi connectivity index (χ0v) is 22.4. The van der Waals surface area contributed by atoms with Crippen molar-refractivity contribution in [2.45, 2.75) is 64.6 Å². The zero-order chi connectivity index (χ0) is 25.8. The highest BCUT2D eigenvalue weighted by atomic mass is 28.3. The summed E-state index contributed by atoms with van der Waals surface area (Å²) in [4.78, 5) is 47.1. The van der Waals surface area contributed by atoms with Crippen LogP contribution in [0.15, 0.2) is 35.1 Å². The number of cyclic esters (lactones) is 1. The van der Waals surface area contributed by atoms with E-state index < -0.39 is 25.8 Å². The summed E-state index contributed by atoms with van der Waals surface area (Å²) >= 11 is 0. The topological polar surface area (TPSA) is 99.5 Å². The van der Waals surface area contributed by atoms with E-state index in [1.165, 1.54) is 12.5 Å². The van der Waals surface area contributed by atoms with Gasteiger partial charge in [-0.15, -0.1) is 0 Å². The molecule has 0 bridgehead atoms. The van der Waals surface area contributed by atoms with E-state index in [4.69, 9.17) is 14.5 Å². The molecule has 4 heterocycles. The van der Waals surface area contributed by atoms with Crippen LogP contribution in [-0.4, -0.2) is 36.8 Å². The van der Waals surface area contributed by atoms with Gasteiger partial charge < -0.3 is 19.0 Å². The molecule has 2 aliphatic rings. The third-order valence-electron chi connectivity index (χ3n) is 7.68. The molecule has 0 amide bonds.